The van der Waals surface area contributed by atoms with Crippen molar-refractivity contribution in [3.05, 3.63) is 59.4 Å². The molecular weight excluding hydrogens is 274 g/mol. The zero-order valence-corrected chi connectivity index (χ0v) is 11.3. The molecule has 0 saturated heterocycles. The minimum Gasteiger partial charge on any atom is -0.345 e. The van der Waals surface area contributed by atoms with Crippen molar-refractivity contribution in [2.75, 3.05) is 5.32 Å². The van der Waals surface area contributed by atoms with Crippen LogP contribution in [0.15, 0.2) is 48.8 Å². The number of fused-ring (bicyclic) bond motifs is 1. The number of anilines is 1. The Kier molecular flexibility index (Phi) is 3.39. The Morgan fingerprint density at radius 3 is 3.00 bits per heavy atom. The first kappa shape index (κ1) is 12.7. The molecule has 4 nitrogen and oxygen atoms in total. The highest BCUT2D eigenvalue weighted by atomic mass is 35.5. The highest BCUT2D eigenvalue weighted by molar-refractivity contribution is 6.30. The van der Waals surface area contributed by atoms with Crippen molar-refractivity contribution in [1.29, 1.82) is 0 Å². The zero-order valence-electron chi connectivity index (χ0n) is 10.6. The monoisotopic (exact) mass is 285 g/mol. The van der Waals surface area contributed by atoms with Gasteiger partial charge in [0, 0.05) is 10.7 Å². The van der Waals surface area contributed by atoms with Crippen LogP contribution in [0.5, 0.6) is 0 Å². The van der Waals surface area contributed by atoms with Crippen LogP contribution in [-0.4, -0.2) is 15.9 Å². The highest BCUT2D eigenvalue weighted by Crippen LogP contribution is 2.16. The molecule has 0 saturated carbocycles. The summed E-state index contributed by atoms with van der Waals surface area (Å²) in [5.74, 6) is -0.0777. The average molecular weight is 286 g/mol. The maximum absolute atomic E-state index is 12.0. The molecule has 0 spiro atoms. The molecule has 0 aliphatic heterocycles. The van der Waals surface area contributed by atoms with E-state index in [1.807, 2.05) is 24.3 Å². The van der Waals surface area contributed by atoms with Crippen molar-refractivity contribution in [1.82, 2.24) is 9.97 Å². The normalized spacial score (nSPS) is 10.7. The van der Waals surface area contributed by atoms with Crippen LogP contribution in [0.4, 0.5) is 5.69 Å². The molecule has 1 amide bonds. The molecule has 0 aliphatic rings. The maximum Gasteiger partial charge on any atom is 0.228 e. The van der Waals surface area contributed by atoms with Gasteiger partial charge in [-0.1, -0.05) is 23.7 Å². The van der Waals surface area contributed by atoms with E-state index in [1.54, 1.807) is 24.5 Å². The molecule has 3 rings (SSSR count). The fourth-order valence-electron chi connectivity index (χ4n) is 2.05. The first-order valence-corrected chi connectivity index (χ1v) is 6.56. The number of benzene rings is 2. The van der Waals surface area contributed by atoms with Crippen LogP contribution in [-0.2, 0) is 11.2 Å². The van der Waals surface area contributed by atoms with E-state index in [4.69, 9.17) is 11.6 Å². The van der Waals surface area contributed by atoms with Crippen molar-refractivity contribution < 1.29 is 4.79 Å². The molecule has 0 radical (unpaired) electrons. The molecule has 0 bridgehead atoms. The number of carbonyl (C=O) groups is 1. The Balaban J connectivity index is 1.72. The topological polar surface area (TPSA) is 57.8 Å². The van der Waals surface area contributed by atoms with Gasteiger partial charge in [0.25, 0.3) is 0 Å². The summed E-state index contributed by atoms with van der Waals surface area (Å²) in [5.41, 5.74) is 3.45. The second-order valence-electron chi connectivity index (χ2n) is 4.49. The standard InChI is InChI=1S/C15H12ClN3O/c16-11-2-1-3-12(8-11)19-15(20)7-10-4-5-13-14(6-10)18-9-17-13/h1-6,8-9H,7H2,(H,17,18)(H,19,20). The van der Waals surface area contributed by atoms with E-state index in [9.17, 15) is 4.79 Å². The van der Waals surface area contributed by atoms with Gasteiger partial charge in [0.05, 0.1) is 23.8 Å². The number of carbonyl (C=O) groups excluding carboxylic acids is 1. The third-order valence-corrected chi connectivity index (χ3v) is 3.19. The number of nitrogens with zero attached hydrogens (tertiary/aromatic N) is 1. The van der Waals surface area contributed by atoms with E-state index in [2.05, 4.69) is 15.3 Å². The average Bonchev–Trinajstić information content (AvgIpc) is 2.86. The second-order valence-corrected chi connectivity index (χ2v) is 4.93. The van der Waals surface area contributed by atoms with E-state index in [-0.39, 0.29) is 5.91 Å². The number of H-pyrrole nitrogens is 1. The summed E-state index contributed by atoms with van der Waals surface area (Å²) in [6.07, 6.45) is 1.95. The molecule has 0 unspecified atom stereocenters. The van der Waals surface area contributed by atoms with Gasteiger partial charge in [-0.05, 0) is 35.9 Å². The molecule has 5 heteroatoms. The molecule has 0 atom stereocenters. The molecule has 1 aromatic heterocycles. The second kappa shape index (κ2) is 5.35. The van der Waals surface area contributed by atoms with E-state index in [1.165, 1.54) is 0 Å². The lowest BCUT2D eigenvalue weighted by atomic mass is 10.1. The van der Waals surface area contributed by atoms with E-state index in [0.29, 0.717) is 17.1 Å². The fourth-order valence-corrected chi connectivity index (χ4v) is 2.24. The largest absolute Gasteiger partial charge is 0.345 e. The summed E-state index contributed by atoms with van der Waals surface area (Å²) in [6.45, 7) is 0. The van der Waals surface area contributed by atoms with Gasteiger partial charge in [-0.25, -0.2) is 4.98 Å². The van der Waals surface area contributed by atoms with Gasteiger partial charge in [0.2, 0.25) is 5.91 Å². The van der Waals surface area contributed by atoms with E-state index >= 15 is 0 Å². The molecule has 2 N–H and O–H groups in total. The SMILES string of the molecule is O=C(Cc1ccc2nc[nH]c2c1)Nc1cccc(Cl)c1. The maximum atomic E-state index is 12.0. The Hall–Kier alpha value is -2.33. The Morgan fingerprint density at radius 1 is 1.25 bits per heavy atom. The Morgan fingerprint density at radius 2 is 2.15 bits per heavy atom. The number of hydrogen-bond acceptors (Lipinski definition) is 2. The van der Waals surface area contributed by atoms with E-state index < -0.39 is 0 Å². The third-order valence-electron chi connectivity index (χ3n) is 2.96. The Labute approximate surface area is 120 Å². The zero-order chi connectivity index (χ0) is 13.9. The molecule has 20 heavy (non-hydrogen) atoms. The van der Waals surface area contributed by atoms with Crippen molar-refractivity contribution >= 4 is 34.2 Å². The summed E-state index contributed by atoms with van der Waals surface area (Å²) < 4.78 is 0. The smallest absolute Gasteiger partial charge is 0.228 e. The number of imidazole rings is 1. The summed E-state index contributed by atoms with van der Waals surface area (Å²) in [5, 5.41) is 3.42. The predicted octanol–water partition coefficient (Wildman–Crippen LogP) is 3.40. The van der Waals surface area contributed by atoms with Crippen LogP contribution >= 0.6 is 11.6 Å². The van der Waals surface area contributed by atoms with Gasteiger partial charge in [0.15, 0.2) is 0 Å². The van der Waals surface area contributed by atoms with Crippen molar-refractivity contribution in [3.8, 4) is 0 Å². The summed E-state index contributed by atoms with van der Waals surface area (Å²) in [6, 6.07) is 12.8. The molecule has 0 fully saturated rings. The lowest BCUT2D eigenvalue weighted by Crippen LogP contribution is -2.14. The first-order chi connectivity index (χ1) is 9.70. The lowest BCUT2D eigenvalue weighted by molar-refractivity contribution is -0.115. The lowest BCUT2D eigenvalue weighted by Gasteiger charge is -2.05. The van der Waals surface area contributed by atoms with Gasteiger partial charge in [-0.2, -0.15) is 0 Å². The molecule has 100 valence electrons. The number of aromatic amines is 1. The van der Waals surface area contributed by atoms with Crippen LogP contribution in [0, 0.1) is 0 Å². The van der Waals surface area contributed by atoms with Gasteiger partial charge in [-0.3, -0.25) is 4.79 Å². The van der Waals surface area contributed by atoms with Crippen LogP contribution in [0.25, 0.3) is 11.0 Å². The molecular formula is C15H12ClN3O. The van der Waals surface area contributed by atoms with Gasteiger partial charge >= 0.3 is 0 Å². The van der Waals surface area contributed by atoms with Crippen LogP contribution in [0.3, 0.4) is 0 Å². The van der Waals surface area contributed by atoms with E-state index in [0.717, 1.165) is 16.6 Å². The number of rotatable bonds is 3. The minimum atomic E-state index is -0.0777. The third kappa shape index (κ3) is 2.81. The summed E-state index contributed by atoms with van der Waals surface area (Å²) >= 11 is 5.88. The quantitative estimate of drug-likeness (QED) is 0.775. The summed E-state index contributed by atoms with van der Waals surface area (Å²) in [7, 11) is 0. The molecule has 1 heterocycles. The summed E-state index contributed by atoms with van der Waals surface area (Å²) in [4.78, 5) is 19.2. The number of hydrogen-bond donors (Lipinski definition) is 2. The van der Waals surface area contributed by atoms with Crippen molar-refractivity contribution in [2.45, 2.75) is 6.42 Å². The molecule has 0 aliphatic carbocycles. The van der Waals surface area contributed by atoms with Crippen molar-refractivity contribution in [3.63, 3.8) is 0 Å². The van der Waals surface area contributed by atoms with Crippen LogP contribution in [0.2, 0.25) is 5.02 Å². The van der Waals surface area contributed by atoms with Crippen LogP contribution in [0.1, 0.15) is 5.56 Å². The number of nitrogens with one attached hydrogen (secondary N) is 2. The highest BCUT2D eigenvalue weighted by Gasteiger charge is 2.06. The number of aromatic nitrogens is 2. The Bertz CT molecular complexity index is 766. The number of amides is 1. The molecule has 2 aromatic carbocycles. The first-order valence-electron chi connectivity index (χ1n) is 6.18. The number of halogens is 1. The molecule has 3 aromatic rings. The minimum absolute atomic E-state index is 0.0777. The van der Waals surface area contributed by atoms with Gasteiger partial charge in [0.1, 0.15) is 0 Å². The fraction of sp³-hybridized carbons (Fsp3) is 0.0667. The van der Waals surface area contributed by atoms with Gasteiger partial charge in [-0.15, -0.1) is 0 Å². The van der Waals surface area contributed by atoms with Crippen LogP contribution < -0.4 is 5.32 Å². The van der Waals surface area contributed by atoms with Gasteiger partial charge < -0.3 is 10.3 Å². The van der Waals surface area contributed by atoms with Crippen molar-refractivity contribution in [2.24, 2.45) is 0 Å². The predicted molar refractivity (Wildman–Crippen MR) is 79.9 cm³/mol.